The van der Waals surface area contributed by atoms with Gasteiger partial charge in [-0.2, -0.15) is 15.0 Å². The Labute approximate surface area is 105 Å². The number of hydrogen-bond donors (Lipinski definition) is 0. The second-order valence-corrected chi connectivity index (χ2v) is 4.29. The monoisotopic (exact) mass is 252 g/mol. The molecule has 0 unspecified atom stereocenters. The Hall–Kier alpha value is -2.12. The molecule has 0 N–H and O–H groups in total. The van der Waals surface area contributed by atoms with E-state index >= 15 is 0 Å². The first-order valence-electron chi connectivity index (χ1n) is 5.54. The summed E-state index contributed by atoms with van der Waals surface area (Å²) in [7, 11) is 7.34. The largest absolute Gasteiger partial charge is 0.447 e. The van der Waals surface area contributed by atoms with Gasteiger partial charge in [-0.3, -0.25) is 0 Å². The van der Waals surface area contributed by atoms with Crippen LogP contribution in [0.5, 0.6) is 0 Å². The van der Waals surface area contributed by atoms with Crippen molar-refractivity contribution in [3.05, 3.63) is 0 Å². The van der Waals surface area contributed by atoms with Crippen LogP contribution in [0, 0.1) is 0 Å². The molecule has 1 saturated heterocycles. The zero-order chi connectivity index (χ0) is 13.3. The normalized spacial score (nSPS) is 14.7. The van der Waals surface area contributed by atoms with Crippen molar-refractivity contribution in [3.8, 4) is 0 Å². The quantitative estimate of drug-likeness (QED) is 0.747. The zero-order valence-electron chi connectivity index (χ0n) is 10.9. The summed E-state index contributed by atoms with van der Waals surface area (Å²) >= 11 is 0. The van der Waals surface area contributed by atoms with Gasteiger partial charge in [0.05, 0.1) is 6.54 Å². The molecule has 1 aliphatic heterocycles. The summed E-state index contributed by atoms with van der Waals surface area (Å²) in [4.78, 5) is 29.2. The van der Waals surface area contributed by atoms with Gasteiger partial charge in [-0.05, 0) is 0 Å². The van der Waals surface area contributed by atoms with Gasteiger partial charge in [0.15, 0.2) is 0 Å². The van der Waals surface area contributed by atoms with Crippen molar-refractivity contribution in [3.63, 3.8) is 0 Å². The van der Waals surface area contributed by atoms with E-state index in [9.17, 15) is 4.79 Å². The summed E-state index contributed by atoms with van der Waals surface area (Å²) in [6.45, 7) is 0.821. The van der Waals surface area contributed by atoms with Crippen LogP contribution in [0.3, 0.4) is 0 Å². The first kappa shape index (κ1) is 12.3. The highest BCUT2D eigenvalue weighted by molar-refractivity contribution is 5.87. The maximum absolute atomic E-state index is 11.5. The molecule has 0 bridgehead atoms. The van der Waals surface area contributed by atoms with Crippen molar-refractivity contribution >= 4 is 23.9 Å². The van der Waals surface area contributed by atoms with Crippen LogP contribution in [0.1, 0.15) is 0 Å². The highest BCUT2D eigenvalue weighted by Crippen LogP contribution is 2.19. The second-order valence-electron chi connectivity index (χ2n) is 4.29. The lowest BCUT2D eigenvalue weighted by Gasteiger charge is -2.18. The van der Waals surface area contributed by atoms with Gasteiger partial charge in [-0.25, -0.2) is 9.69 Å². The van der Waals surface area contributed by atoms with Gasteiger partial charge < -0.3 is 14.5 Å². The number of amides is 1. The average Bonchev–Trinajstić information content (AvgIpc) is 2.74. The number of aromatic nitrogens is 3. The fourth-order valence-electron chi connectivity index (χ4n) is 1.44. The molecule has 1 aromatic heterocycles. The number of cyclic esters (lactones) is 1. The lowest BCUT2D eigenvalue weighted by Crippen LogP contribution is -2.28. The number of hydrogen-bond acceptors (Lipinski definition) is 7. The molecule has 1 aliphatic rings. The van der Waals surface area contributed by atoms with E-state index < -0.39 is 6.09 Å². The molecule has 0 atom stereocenters. The Morgan fingerprint density at radius 3 is 2.00 bits per heavy atom. The standard InChI is InChI=1S/C10H16N6O2/c1-14(2)7-11-8(15(3)4)13-9(12-7)16-5-6-18-10(16)17/h5-6H2,1-4H3. The highest BCUT2D eigenvalue weighted by atomic mass is 16.6. The van der Waals surface area contributed by atoms with E-state index in [1.807, 2.05) is 28.2 Å². The van der Waals surface area contributed by atoms with E-state index in [-0.39, 0.29) is 0 Å². The number of anilines is 3. The molecule has 0 radical (unpaired) electrons. The van der Waals surface area contributed by atoms with Crippen molar-refractivity contribution in [1.29, 1.82) is 0 Å². The Morgan fingerprint density at radius 2 is 1.61 bits per heavy atom. The third-order valence-corrected chi connectivity index (χ3v) is 2.40. The number of carbonyl (C=O) groups excluding carboxylic acids is 1. The van der Waals surface area contributed by atoms with Crippen molar-refractivity contribution in [2.45, 2.75) is 0 Å². The number of ether oxygens (including phenoxy) is 1. The Bertz CT molecular complexity index is 435. The van der Waals surface area contributed by atoms with Crippen LogP contribution in [0.4, 0.5) is 22.6 Å². The molecule has 2 rings (SSSR count). The van der Waals surface area contributed by atoms with Gasteiger partial charge in [0, 0.05) is 28.2 Å². The summed E-state index contributed by atoms with van der Waals surface area (Å²) in [5.74, 6) is 1.33. The predicted octanol–water partition coefficient (Wildman–Crippen LogP) is -0.0398. The minimum Gasteiger partial charge on any atom is -0.447 e. The van der Waals surface area contributed by atoms with Gasteiger partial charge in [0.25, 0.3) is 0 Å². The van der Waals surface area contributed by atoms with Crippen molar-refractivity contribution < 1.29 is 9.53 Å². The molecule has 0 aromatic carbocycles. The zero-order valence-corrected chi connectivity index (χ0v) is 10.9. The molecule has 98 valence electrons. The van der Waals surface area contributed by atoms with Crippen LogP contribution < -0.4 is 14.7 Å². The van der Waals surface area contributed by atoms with Crippen LogP contribution in [-0.2, 0) is 4.74 Å². The van der Waals surface area contributed by atoms with Crippen molar-refractivity contribution in [2.24, 2.45) is 0 Å². The Morgan fingerprint density at radius 1 is 1.06 bits per heavy atom. The molecule has 2 heterocycles. The van der Waals surface area contributed by atoms with Gasteiger partial charge in [-0.15, -0.1) is 0 Å². The van der Waals surface area contributed by atoms with Crippen molar-refractivity contribution in [2.75, 3.05) is 56.0 Å². The minimum atomic E-state index is -0.421. The Kier molecular flexibility index (Phi) is 3.17. The topological polar surface area (TPSA) is 74.7 Å². The van der Waals surface area contributed by atoms with Gasteiger partial charge in [-0.1, -0.05) is 0 Å². The fraction of sp³-hybridized carbons (Fsp3) is 0.600. The molecule has 1 aromatic rings. The van der Waals surface area contributed by atoms with Gasteiger partial charge in [0.2, 0.25) is 17.8 Å². The summed E-state index contributed by atoms with van der Waals surface area (Å²) in [5, 5.41) is 0. The highest BCUT2D eigenvalue weighted by Gasteiger charge is 2.27. The van der Waals surface area contributed by atoms with Crippen LogP contribution in [0.25, 0.3) is 0 Å². The fourth-order valence-corrected chi connectivity index (χ4v) is 1.44. The van der Waals surface area contributed by atoms with E-state index in [0.29, 0.717) is 31.0 Å². The SMILES string of the molecule is CN(C)c1nc(N(C)C)nc(N2CCOC2=O)n1. The summed E-state index contributed by atoms with van der Waals surface area (Å²) in [6, 6.07) is 0. The number of rotatable bonds is 3. The molecule has 8 heteroatoms. The lowest BCUT2D eigenvalue weighted by molar-refractivity contribution is 0.181. The maximum Gasteiger partial charge on any atom is 0.416 e. The average molecular weight is 252 g/mol. The summed E-state index contributed by atoms with van der Waals surface area (Å²) < 4.78 is 4.88. The third-order valence-electron chi connectivity index (χ3n) is 2.40. The number of nitrogens with zero attached hydrogens (tertiary/aromatic N) is 6. The second kappa shape index (κ2) is 4.63. The molecule has 0 spiro atoms. The molecule has 1 amide bonds. The third kappa shape index (κ3) is 2.27. The molecule has 0 saturated carbocycles. The molecule has 1 fully saturated rings. The summed E-state index contributed by atoms with van der Waals surface area (Å²) in [5.41, 5.74) is 0. The Balaban J connectivity index is 2.42. The van der Waals surface area contributed by atoms with Crippen LogP contribution >= 0.6 is 0 Å². The van der Waals surface area contributed by atoms with Crippen molar-refractivity contribution in [1.82, 2.24) is 15.0 Å². The molecule has 18 heavy (non-hydrogen) atoms. The van der Waals surface area contributed by atoms with Crippen LogP contribution in [-0.4, -0.2) is 62.4 Å². The van der Waals surface area contributed by atoms with E-state index in [0.717, 1.165) is 0 Å². The van der Waals surface area contributed by atoms with Crippen LogP contribution in [0.2, 0.25) is 0 Å². The molecular formula is C10H16N6O2. The molecule has 8 nitrogen and oxygen atoms in total. The molecule has 0 aliphatic carbocycles. The first-order valence-corrected chi connectivity index (χ1v) is 5.54. The number of carbonyl (C=O) groups is 1. The van der Waals surface area contributed by atoms with E-state index in [1.165, 1.54) is 4.90 Å². The van der Waals surface area contributed by atoms with E-state index in [2.05, 4.69) is 15.0 Å². The maximum atomic E-state index is 11.5. The van der Waals surface area contributed by atoms with E-state index in [4.69, 9.17) is 4.74 Å². The lowest BCUT2D eigenvalue weighted by atomic mass is 10.6. The smallest absolute Gasteiger partial charge is 0.416 e. The van der Waals surface area contributed by atoms with Crippen LogP contribution in [0.15, 0.2) is 0 Å². The van der Waals surface area contributed by atoms with E-state index in [1.54, 1.807) is 9.80 Å². The van der Waals surface area contributed by atoms with Gasteiger partial charge in [0.1, 0.15) is 6.61 Å². The minimum absolute atomic E-state index is 0.319. The predicted molar refractivity (Wildman–Crippen MR) is 67.2 cm³/mol. The molecular weight excluding hydrogens is 236 g/mol. The van der Waals surface area contributed by atoms with Gasteiger partial charge >= 0.3 is 6.09 Å². The summed E-state index contributed by atoms with van der Waals surface area (Å²) in [6.07, 6.45) is -0.421. The first-order chi connectivity index (χ1) is 8.49.